The van der Waals surface area contributed by atoms with Crippen LogP contribution in [0.3, 0.4) is 0 Å². The zero-order valence-electron chi connectivity index (χ0n) is 16.7. The zero-order chi connectivity index (χ0) is 21.1. The number of rotatable bonds is 3. The Morgan fingerprint density at radius 3 is 2.27 bits per heavy atom. The van der Waals surface area contributed by atoms with Gasteiger partial charge in [0.25, 0.3) is 10.1 Å². The van der Waals surface area contributed by atoms with Crippen molar-refractivity contribution >= 4 is 26.6 Å². The molecule has 0 bridgehead atoms. The van der Waals surface area contributed by atoms with E-state index in [1.807, 2.05) is 13.0 Å². The van der Waals surface area contributed by atoms with Crippen LogP contribution in [0.25, 0.3) is 11.3 Å². The van der Waals surface area contributed by atoms with Crippen LogP contribution < -0.4 is 10.2 Å². The molecular weight excluding hydrogens is 418 g/mol. The highest BCUT2D eigenvalue weighted by molar-refractivity contribution is 7.85. The second-order valence-corrected chi connectivity index (χ2v) is 10.0. The molecule has 158 valence electrons. The molecule has 2 N–H and O–H groups in total. The Labute approximate surface area is 181 Å². The Kier molecular flexibility index (Phi) is 6.19. The molecule has 1 aromatic heterocycles. The first-order valence-corrected chi connectivity index (χ1v) is 12.2. The van der Waals surface area contributed by atoms with Gasteiger partial charge in [0, 0.05) is 37.1 Å². The maximum absolute atomic E-state index is 10.5. The molecule has 0 aliphatic carbocycles. The summed E-state index contributed by atoms with van der Waals surface area (Å²) in [6, 6.07) is 16.4. The second-order valence-electron chi connectivity index (χ2n) is 7.75. The van der Waals surface area contributed by atoms with Gasteiger partial charge in [-0.15, -0.1) is 11.3 Å². The van der Waals surface area contributed by atoms with Gasteiger partial charge in [-0.05, 0) is 30.9 Å². The van der Waals surface area contributed by atoms with Crippen molar-refractivity contribution in [2.24, 2.45) is 11.8 Å². The van der Waals surface area contributed by atoms with Crippen LogP contribution in [0.5, 0.6) is 0 Å². The number of fused-ring (bicyclic) bond motifs is 1. The minimum atomic E-state index is -4.02. The summed E-state index contributed by atoms with van der Waals surface area (Å²) in [5.74, 6) is 1.65. The molecule has 2 atom stereocenters. The highest BCUT2D eigenvalue weighted by Crippen LogP contribution is 2.34. The molecule has 2 unspecified atom stereocenters. The fraction of sp³-hybridized carbons (Fsp3) is 0.318. The van der Waals surface area contributed by atoms with Crippen molar-refractivity contribution < 1.29 is 13.0 Å². The summed E-state index contributed by atoms with van der Waals surface area (Å²) < 4.78 is 29.6. The number of benzene rings is 2. The average molecular weight is 444 g/mol. The van der Waals surface area contributed by atoms with Crippen LogP contribution in [0, 0.1) is 18.8 Å². The third-order valence-corrected chi connectivity index (χ3v) is 7.31. The molecule has 6 nitrogen and oxygen atoms in total. The number of hydrogen-bond acceptors (Lipinski definition) is 6. The molecular formula is C22H25N3O3S2. The largest absolute Gasteiger partial charge is 0.347 e. The highest BCUT2D eigenvalue weighted by Gasteiger charge is 2.37. The van der Waals surface area contributed by atoms with Gasteiger partial charge in [-0.25, -0.2) is 4.98 Å². The molecule has 2 aliphatic rings. The summed E-state index contributed by atoms with van der Waals surface area (Å²) in [7, 11) is -4.02. The van der Waals surface area contributed by atoms with E-state index in [2.05, 4.69) is 39.9 Å². The first-order valence-electron chi connectivity index (χ1n) is 9.91. The third kappa shape index (κ3) is 4.89. The highest BCUT2D eigenvalue weighted by atomic mass is 32.2. The normalized spacial score (nSPS) is 20.5. The maximum atomic E-state index is 10.5. The number of aryl methyl sites for hydroxylation is 1. The average Bonchev–Trinajstić information content (AvgIpc) is 3.45. The number of nitrogens with zero attached hydrogens (tertiary/aromatic N) is 2. The monoisotopic (exact) mass is 443 g/mol. The van der Waals surface area contributed by atoms with Crippen LogP contribution >= 0.6 is 11.3 Å². The molecule has 2 saturated heterocycles. The number of nitrogens with one attached hydrogen (secondary N) is 1. The van der Waals surface area contributed by atoms with Crippen LogP contribution in [-0.4, -0.2) is 44.1 Å². The quantitative estimate of drug-likeness (QED) is 0.601. The fourth-order valence-corrected chi connectivity index (χ4v) is 5.21. The summed E-state index contributed by atoms with van der Waals surface area (Å²) in [4.78, 5) is 7.21. The van der Waals surface area contributed by atoms with Crippen LogP contribution in [-0.2, 0) is 10.1 Å². The molecule has 5 rings (SSSR count). The standard InChI is InChI=1S/C15H17N3S.C7H8O3S/c1-2-4-11(5-3-1)14-10-19-15(17-14)18-8-12-6-16-7-13(12)9-18;1-6-2-4-7(5-3-6)11(8,9)10/h1-5,10,12-13,16H,6-9H2;2-5H,1H3,(H,8,9,10). The van der Waals surface area contributed by atoms with Gasteiger partial charge >= 0.3 is 0 Å². The van der Waals surface area contributed by atoms with E-state index in [0.29, 0.717) is 0 Å². The van der Waals surface area contributed by atoms with Gasteiger partial charge in [0.15, 0.2) is 5.13 Å². The van der Waals surface area contributed by atoms with E-state index >= 15 is 0 Å². The Bertz CT molecular complexity index is 1070. The summed E-state index contributed by atoms with van der Waals surface area (Å²) in [5, 5.41) is 6.85. The van der Waals surface area contributed by atoms with E-state index < -0.39 is 10.1 Å². The van der Waals surface area contributed by atoms with Gasteiger partial charge < -0.3 is 10.2 Å². The van der Waals surface area contributed by atoms with E-state index in [-0.39, 0.29) is 4.90 Å². The molecule has 3 heterocycles. The van der Waals surface area contributed by atoms with E-state index in [9.17, 15) is 8.42 Å². The van der Waals surface area contributed by atoms with Crippen LogP contribution in [0.15, 0.2) is 64.9 Å². The van der Waals surface area contributed by atoms with Crippen molar-refractivity contribution in [2.45, 2.75) is 11.8 Å². The summed E-state index contributed by atoms with van der Waals surface area (Å²) in [6.07, 6.45) is 0. The summed E-state index contributed by atoms with van der Waals surface area (Å²) in [6.45, 7) is 6.53. The molecule has 0 amide bonds. The van der Waals surface area contributed by atoms with E-state index in [0.717, 1.165) is 23.1 Å². The van der Waals surface area contributed by atoms with Gasteiger partial charge in [0.2, 0.25) is 0 Å². The predicted octanol–water partition coefficient (Wildman–Crippen LogP) is 3.71. The molecule has 30 heavy (non-hydrogen) atoms. The van der Waals surface area contributed by atoms with Crippen molar-refractivity contribution in [3.63, 3.8) is 0 Å². The van der Waals surface area contributed by atoms with E-state index in [1.54, 1.807) is 23.5 Å². The van der Waals surface area contributed by atoms with Gasteiger partial charge in [0.05, 0.1) is 10.6 Å². The van der Waals surface area contributed by atoms with Crippen molar-refractivity contribution in [3.05, 3.63) is 65.5 Å². The number of thiazole rings is 1. The lowest BCUT2D eigenvalue weighted by atomic mass is 10.0. The third-order valence-electron chi connectivity index (χ3n) is 5.54. The molecule has 2 aliphatic heterocycles. The molecule has 0 saturated carbocycles. The zero-order valence-corrected chi connectivity index (χ0v) is 18.4. The van der Waals surface area contributed by atoms with E-state index in [4.69, 9.17) is 9.54 Å². The molecule has 3 aromatic rings. The molecule has 0 spiro atoms. The second kappa shape index (κ2) is 8.85. The Morgan fingerprint density at radius 1 is 1.03 bits per heavy atom. The topological polar surface area (TPSA) is 82.5 Å². The van der Waals surface area contributed by atoms with Crippen LogP contribution in [0.1, 0.15) is 5.56 Å². The number of hydrogen-bond donors (Lipinski definition) is 2. The van der Waals surface area contributed by atoms with Crippen molar-refractivity contribution in [3.8, 4) is 11.3 Å². The maximum Gasteiger partial charge on any atom is 0.294 e. The van der Waals surface area contributed by atoms with Crippen molar-refractivity contribution in [1.29, 1.82) is 0 Å². The van der Waals surface area contributed by atoms with Gasteiger partial charge in [-0.1, -0.05) is 48.0 Å². The Balaban J connectivity index is 0.000000170. The Morgan fingerprint density at radius 2 is 1.67 bits per heavy atom. The molecule has 2 fully saturated rings. The molecule has 0 radical (unpaired) electrons. The summed E-state index contributed by atoms with van der Waals surface area (Å²) in [5.41, 5.74) is 3.28. The number of aromatic nitrogens is 1. The lowest BCUT2D eigenvalue weighted by molar-refractivity contribution is 0.483. The first-order chi connectivity index (χ1) is 14.4. The summed E-state index contributed by atoms with van der Waals surface area (Å²) >= 11 is 1.77. The Hall–Kier alpha value is -2.26. The van der Waals surface area contributed by atoms with Crippen molar-refractivity contribution in [1.82, 2.24) is 10.3 Å². The number of anilines is 1. The predicted molar refractivity (Wildman–Crippen MR) is 121 cm³/mol. The van der Waals surface area contributed by atoms with Gasteiger partial charge in [0.1, 0.15) is 0 Å². The van der Waals surface area contributed by atoms with Gasteiger partial charge in [-0.3, -0.25) is 4.55 Å². The first kappa shape index (κ1) is 21.0. The van der Waals surface area contributed by atoms with Gasteiger partial charge in [-0.2, -0.15) is 8.42 Å². The van der Waals surface area contributed by atoms with Crippen LogP contribution in [0.2, 0.25) is 0 Å². The lowest BCUT2D eigenvalue weighted by Gasteiger charge is -2.15. The van der Waals surface area contributed by atoms with Crippen LogP contribution in [0.4, 0.5) is 5.13 Å². The minimum Gasteiger partial charge on any atom is -0.347 e. The van der Waals surface area contributed by atoms with E-state index in [1.165, 1.54) is 49.0 Å². The molecule has 8 heteroatoms. The smallest absolute Gasteiger partial charge is 0.294 e. The minimum absolute atomic E-state index is 0.0666. The SMILES string of the molecule is Cc1ccc(S(=O)(=O)O)cc1.c1ccc(-c2csc(N3CC4CNCC4C3)n2)cc1. The molecule has 2 aromatic carbocycles. The fourth-order valence-electron chi connectivity index (χ4n) is 3.87. The van der Waals surface area contributed by atoms with Crippen molar-refractivity contribution in [2.75, 3.05) is 31.1 Å². The lowest BCUT2D eigenvalue weighted by Crippen LogP contribution is -2.25.